The summed E-state index contributed by atoms with van der Waals surface area (Å²) in [6.45, 7) is 0. The van der Waals surface area contributed by atoms with Gasteiger partial charge in [-0.1, -0.05) is 32.1 Å². The average molecular weight is 407 g/mol. The fourth-order valence-corrected chi connectivity index (χ4v) is 6.11. The Balaban J connectivity index is 1.11. The SMILES string of the molecule is O=C(CCCC[C@@H]1SC[C@@H]2NC(=O)N[C@H]21)Nc1n[nH]c(CCC2CCCC2)n1. The van der Waals surface area contributed by atoms with Crippen LogP contribution in [-0.2, 0) is 11.2 Å². The van der Waals surface area contributed by atoms with E-state index in [0.717, 1.165) is 49.6 Å². The number of anilines is 1. The first kappa shape index (κ1) is 19.5. The molecule has 3 amide bonds. The van der Waals surface area contributed by atoms with E-state index in [-0.39, 0.29) is 24.0 Å². The van der Waals surface area contributed by atoms with Gasteiger partial charge in [0.15, 0.2) is 0 Å². The van der Waals surface area contributed by atoms with E-state index in [2.05, 4.69) is 31.1 Å². The fraction of sp³-hybridized carbons (Fsp3) is 0.789. The number of unbranched alkanes of at least 4 members (excludes halogenated alkanes) is 1. The maximum Gasteiger partial charge on any atom is 0.315 e. The largest absolute Gasteiger partial charge is 0.332 e. The maximum atomic E-state index is 12.1. The number of amides is 3. The Hall–Kier alpha value is -1.77. The van der Waals surface area contributed by atoms with Crippen molar-refractivity contribution in [3.63, 3.8) is 0 Å². The van der Waals surface area contributed by atoms with Crippen LogP contribution in [0, 0.1) is 5.92 Å². The zero-order chi connectivity index (χ0) is 19.3. The van der Waals surface area contributed by atoms with Crippen molar-refractivity contribution in [2.75, 3.05) is 11.1 Å². The molecule has 2 aliphatic heterocycles. The topological polar surface area (TPSA) is 112 Å². The standard InChI is InChI=1S/C19H30N6O2S/c26-16(8-4-3-7-14-17-13(11-28-14)20-19(27)23-17)22-18-21-15(24-25-18)10-9-12-5-1-2-6-12/h12-14,17H,1-11H2,(H2,20,23,27)(H2,21,22,24,25,26)/t13-,14-,17+/m0/s1. The van der Waals surface area contributed by atoms with Gasteiger partial charge >= 0.3 is 6.03 Å². The van der Waals surface area contributed by atoms with E-state index < -0.39 is 0 Å². The highest BCUT2D eigenvalue weighted by atomic mass is 32.2. The van der Waals surface area contributed by atoms with Crippen LogP contribution in [0.1, 0.15) is 63.6 Å². The second kappa shape index (κ2) is 9.15. The summed E-state index contributed by atoms with van der Waals surface area (Å²) < 4.78 is 0. The molecule has 0 radical (unpaired) electrons. The number of fused-ring (bicyclic) bond motifs is 1. The molecule has 1 aromatic rings. The summed E-state index contributed by atoms with van der Waals surface area (Å²) in [5, 5.41) is 16.3. The number of aryl methyl sites for hydroxylation is 1. The molecule has 3 aliphatic rings. The molecule has 154 valence electrons. The monoisotopic (exact) mass is 406 g/mol. The number of rotatable bonds is 9. The highest BCUT2D eigenvalue weighted by Gasteiger charge is 2.42. The highest BCUT2D eigenvalue weighted by molar-refractivity contribution is 8.00. The van der Waals surface area contributed by atoms with Gasteiger partial charge in [0, 0.05) is 23.8 Å². The summed E-state index contributed by atoms with van der Waals surface area (Å²) in [6.07, 6.45) is 10.7. The van der Waals surface area contributed by atoms with E-state index in [4.69, 9.17) is 0 Å². The van der Waals surface area contributed by atoms with Gasteiger partial charge in [0.25, 0.3) is 0 Å². The Bertz CT molecular complexity index is 690. The van der Waals surface area contributed by atoms with Crippen molar-refractivity contribution in [1.82, 2.24) is 25.8 Å². The van der Waals surface area contributed by atoms with Crippen molar-refractivity contribution < 1.29 is 9.59 Å². The number of aromatic nitrogens is 3. The van der Waals surface area contributed by atoms with Gasteiger partial charge in [-0.3, -0.25) is 15.2 Å². The van der Waals surface area contributed by atoms with Gasteiger partial charge in [0.1, 0.15) is 5.82 Å². The second-order valence-electron chi connectivity index (χ2n) is 8.21. The maximum absolute atomic E-state index is 12.1. The van der Waals surface area contributed by atoms with Crippen LogP contribution in [0.2, 0.25) is 0 Å². The van der Waals surface area contributed by atoms with Crippen molar-refractivity contribution in [2.45, 2.75) is 81.5 Å². The van der Waals surface area contributed by atoms with Crippen LogP contribution >= 0.6 is 11.8 Å². The number of aromatic amines is 1. The third-order valence-electron chi connectivity index (χ3n) is 6.13. The number of nitrogens with zero attached hydrogens (tertiary/aromatic N) is 2. The number of nitrogens with one attached hydrogen (secondary N) is 4. The van der Waals surface area contributed by atoms with Crippen LogP contribution in [0.5, 0.6) is 0 Å². The summed E-state index contributed by atoms with van der Waals surface area (Å²) in [4.78, 5) is 27.9. The lowest BCUT2D eigenvalue weighted by Gasteiger charge is -2.16. The molecule has 0 unspecified atom stereocenters. The summed E-state index contributed by atoms with van der Waals surface area (Å²) >= 11 is 1.91. The Morgan fingerprint density at radius 2 is 2.04 bits per heavy atom. The van der Waals surface area contributed by atoms with Crippen LogP contribution in [0.25, 0.3) is 0 Å². The zero-order valence-electron chi connectivity index (χ0n) is 16.2. The van der Waals surface area contributed by atoms with Crippen molar-refractivity contribution in [3.8, 4) is 0 Å². The lowest BCUT2D eigenvalue weighted by molar-refractivity contribution is -0.116. The van der Waals surface area contributed by atoms with Crippen molar-refractivity contribution in [2.24, 2.45) is 5.92 Å². The quantitative estimate of drug-likeness (QED) is 0.372. The van der Waals surface area contributed by atoms with E-state index in [0.29, 0.717) is 17.6 Å². The average Bonchev–Trinajstić information content (AvgIpc) is 3.43. The Morgan fingerprint density at radius 1 is 1.18 bits per heavy atom. The molecule has 0 bridgehead atoms. The predicted octanol–water partition coefficient (Wildman–Crippen LogP) is 2.59. The fourth-order valence-electron chi connectivity index (χ4n) is 4.56. The van der Waals surface area contributed by atoms with Crippen molar-refractivity contribution in [3.05, 3.63) is 5.82 Å². The van der Waals surface area contributed by atoms with E-state index in [1.807, 2.05) is 11.8 Å². The third-order valence-corrected chi connectivity index (χ3v) is 7.64. The molecule has 9 heteroatoms. The molecule has 1 aliphatic carbocycles. The number of urea groups is 1. The number of hydrogen-bond acceptors (Lipinski definition) is 5. The zero-order valence-corrected chi connectivity index (χ0v) is 17.0. The molecule has 0 aromatic carbocycles. The lowest BCUT2D eigenvalue weighted by Crippen LogP contribution is -2.36. The number of carbonyl (C=O) groups is 2. The summed E-state index contributed by atoms with van der Waals surface area (Å²) in [5.74, 6) is 3.02. The predicted molar refractivity (Wildman–Crippen MR) is 109 cm³/mol. The van der Waals surface area contributed by atoms with Gasteiger partial charge < -0.3 is 10.6 Å². The molecule has 3 fully saturated rings. The third kappa shape index (κ3) is 4.98. The molecule has 3 atom stereocenters. The second-order valence-corrected chi connectivity index (χ2v) is 9.48. The first-order valence-corrected chi connectivity index (χ1v) is 11.6. The number of carbonyl (C=O) groups excluding carboxylic acids is 2. The molecule has 1 aromatic heterocycles. The van der Waals surface area contributed by atoms with Gasteiger partial charge in [-0.05, 0) is 25.2 Å². The van der Waals surface area contributed by atoms with Gasteiger partial charge in [0.2, 0.25) is 11.9 Å². The number of H-pyrrole nitrogens is 1. The minimum absolute atomic E-state index is 0.0332. The molecule has 3 heterocycles. The molecule has 2 saturated heterocycles. The smallest absolute Gasteiger partial charge is 0.315 e. The van der Waals surface area contributed by atoms with Gasteiger partial charge in [-0.2, -0.15) is 16.7 Å². The molecule has 4 N–H and O–H groups in total. The highest BCUT2D eigenvalue weighted by Crippen LogP contribution is 2.33. The van der Waals surface area contributed by atoms with Crippen LogP contribution in [0.15, 0.2) is 0 Å². The first-order valence-electron chi connectivity index (χ1n) is 10.6. The van der Waals surface area contributed by atoms with Crippen LogP contribution < -0.4 is 16.0 Å². The van der Waals surface area contributed by atoms with Crippen LogP contribution in [0.3, 0.4) is 0 Å². The molecule has 0 spiro atoms. The van der Waals surface area contributed by atoms with E-state index in [1.165, 1.54) is 25.7 Å². The number of hydrogen-bond donors (Lipinski definition) is 4. The van der Waals surface area contributed by atoms with Crippen molar-refractivity contribution in [1.29, 1.82) is 0 Å². The first-order chi connectivity index (χ1) is 13.7. The number of thioether (sulfide) groups is 1. The van der Waals surface area contributed by atoms with Gasteiger partial charge in [-0.15, -0.1) is 5.10 Å². The minimum Gasteiger partial charge on any atom is -0.332 e. The molecule has 28 heavy (non-hydrogen) atoms. The molecular weight excluding hydrogens is 376 g/mol. The molecule has 1 saturated carbocycles. The normalized spacial score (nSPS) is 26.9. The lowest BCUT2D eigenvalue weighted by atomic mass is 10.0. The Labute approximate surface area is 169 Å². The summed E-state index contributed by atoms with van der Waals surface area (Å²) in [5.41, 5.74) is 0. The summed E-state index contributed by atoms with van der Waals surface area (Å²) in [7, 11) is 0. The van der Waals surface area contributed by atoms with E-state index >= 15 is 0 Å². The van der Waals surface area contributed by atoms with Gasteiger partial charge in [0.05, 0.1) is 12.1 Å². The van der Waals surface area contributed by atoms with Crippen LogP contribution in [0.4, 0.5) is 10.7 Å². The molecular formula is C19H30N6O2S. The minimum atomic E-state index is -0.0474. The van der Waals surface area contributed by atoms with Crippen molar-refractivity contribution >= 4 is 29.6 Å². The summed E-state index contributed by atoms with van der Waals surface area (Å²) in [6, 6.07) is 0.454. The van der Waals surface area contributed by atoms with Crippen LogP contribution in [-0.4, -0.2) is 50.2 Å². The van der Waals surface area contributed by atoms with E-state index in [9.17, 15) is 9.59 Å². The van der Waals surface area contributed by atoms with E-state index in [1.54, 1.807) is 0 Å². The Morgan fingerprint density at radius 3 is 2.89 bits per heavy atom. The van der Waals surface area contributed by atoms with Gasteiger partial charge in [-0.25, -0.2) is 4.79 Å². The molecule has 4 rings (SSSR count). The Kier molecular flexibility index (Phi) is 6.39. The molecule has 8 nitrogen and oxygen atoms in total.